The fourth-order valence-electron chi connectivity index (χ4n) is 2.72. The van der Waals surface area contributed by atoms with E-state index in [9.17, 15) is 4.79 Å². The molecule has 1 fully saturated rings. The first-order valence-corrected chi connectivity index (χ1v) is 8.38. The van der Waals surface area contributed by atoms with Crippen molar-refractivity contribution in [1.82, 2.24) is 14.9 Å². The summed E-state index contributed by atoms with van der Waals surface area (Å²) in [5.74, 6) is 1.33. The van der Waals surface area contributed by atoms with Crippen LogP contribution in [0, 0.1) is 13.8 Å². The Morgan fingerprint density at radius 1 is 1.26 bits per heavy atom. The van der Waals surface area contributed by atoms with Crippen molar-refractivity contribution in [3.8, 4) is 5.88 Å². The van der Waals surface area contributed by atoms with Gasteiger partial charge in [0.15, 0.2) is 0 Å². The van der Waals surface area contributed by atoms with E-state index in [2.05, 4.69) is 14.9 Å². The van der Waals surface area contributed by atoms with Crippen LogP contribution in [0.3, 0.4) is 0 Å². The van der Waals surface area contributed by atoms with Gasteiger partial charge in [0, 0.05) is 48.2 Å². The SMILES string of the molecule is COc1ccnc(N2CCN(C(=O)c3cc(C)sc3C)CC2)n1. The molecule has 1 amide bonds. The van der Waals surface area contributed by atoms with Gasteiger partial charge in [0.05, 0.1) is 12.7 Å². The predicted octanol–water partition coefficient (Wildman–Crippen LogP) is 2.13. The Bertz CT molecular complexity index is 708. The summed E-state index contributed by atoms with van der Waals surface area (Å²) >= 11 is 1.67. The van der Waals surface area contributed by atoms with Gasteiger partial charge in [-0.2, -0.15) is 4.98 Å². The molecule has 0 spiro atoms. The highest BCUT2D eigenvalue weighted by Crippen LogP contribution is 2.23. The van der Waals surface area contributed by atoms with Gasteiger partial charge in [-0.25, -0.2) is 4.98 Å². The molecular formula is C16H20N4O2S. The number of nitrogens with zero attached hydrogens (tertiary/aromatic N) is 4. The molecule has 3 heterocycles. The molecule has 0 aromatic carbocycles. The predicted molar refractivity (Wildman–Crippen MR) is 90.5 cm³/mol. The van der Waals surface area contributed by atoms with Crippen molar-refractivity contribution < 1.29 is 9.53 Å². The summed E-state index contributed by atoms with van der Waals surface area (Å²) in [6.07, 6.45) is 1.69. The lowest BCUT2D eigenvalue weighted by molar-refractivity contribution is 0.0746. The molecule has 122 valence electrons. The van der Waals surface area contributed by atoms with E-state index in [1.807, 2.05) is 24.8 Å². The number of aryl methyl sites for hydroxylation is 2. The molecule has 0 N–H and O–H groups in total. The quantitative estimate of drug-likeness (QED) is 0.862. The highest BCUT2D eigenvalue weighted by Gasteiger charge is 2.25. The first kappa shape index (κ1) is 15.7. The second-order valence-corrected chi connectivity index (χ2v) is 6.97. The Labute approximate surface area is 139 Å². The number of amides is 1. The van der Waals surface area contributed by atoms with Gasteiger partial charge in [-0.1, -0.05) is 0 Å². The third kappa shape index (κ3) is 3.29. The lowest BCUT2D eigenvalue weighted by Crippen LogP contribution is -2.49. The summed E-state index contributed by atoms with van der Waals surface area (Å²) in [6, 6.07) is 3.71. The standard InChI is InChI=1S/C16H20N4O2S/c1-11-10-13(12(2)23-11)15(21)19-6-8-20(9-7-19)16-17-5-4-14(18-16)22-3/h4-5,10H,6-9H2,1-3H3. The normalized spacial score (nSPS) is 14.9. The number of carbonyl (C=O) groups excluding carboxylic acids is 1. The highest BCUT2D eigenvalue weighted by molar-refractivity contribution is 7.12. The molecule has 2 aromatic heterocycles. The Morgan fingerprint density at radius 2 is 2.00 bits per heavy atom. The van der Waals surface area contributed by atoms with Gasteiger partial charge in [-0.15, -0.1) is 11.3 Å². The Kier molecular flexibility index (Phi) is 4.47. The van der Waals surface area contributed by atoms with E-state index in [0.29, 0.717) is 24.9 Å². The smallest absolute Gasteiger partial charge is 0.255 e. The number of aromatic nitrogens is 2. The van der Waals surface area contributed by atoms with E-state index in [4.69, 9.17) is 4.74 Å². The number of piperazine rings is 1. The van der Waals surface area contributed by atoms with Crippen molar-refractivity contribution in [3.63, 3.8) is 0 Å². The largest absolute Gasteiger partial charge is 0.481 e. The van der Waals surface area contributed by atoms with Crippen LogP contribution in [0.1, 0.15) is 20.1 Å². The fraction of sp³-hybridized carbons (Fsp3) is 0.438. The van der Waals surface area contributed by atoms with E-state index in [-0.39, 0.29) is 5.91 Å². The van der Waals surface area contributed by atoms with Crippen molar-refractivity contribution in [2.45, 2.75) is 13.8 Å². The van der Waals surface area contributed by atoms with Gasteiger partial charge in [0.1, 0.15) is 0 Å². The first-order valence-electron chi connectivity index (χ1n) is 7.57. The van der Waals surface area contributed by atoms with Crippen LogP contribution in [0.25, 0.3) is 0 Å². The molecule has 0 atom stereocenters. The third-order valence-electron chi connectivity index (χ3n) is 3.95. The van der Waals surface area contributed by atoms with Crippen LogP contribution in [0.15, 0.2) is 18.3 Å². The topological polar surface area (TPSA) is 58.6 Å². The van der Waals surface area contributed by atoms with Crippen molar-refractivity contribution in [1.29, 1.82) is 0 Å². The molecule has 6 nitrogen and oxygen atoms in total. The fourth-order valence-corrected chi connectivity index (χ4v) is 3.64. The summed E-state index contributed by atoms with van der Waals surface area (Å²) in [7, 11) is 1.59. The first-order chi connectivity index (χ1) is 11.1. The zero-order valence-corrected chi connectivity index (χ0v) is 14.4. The van der Waals surface area contributed by atoms with E-state index in [1.165, 1.54) is 4.88 Å². The molecule has 0 saturated carbocycles. The van der Waals surface area contributed by atoms with Crippen LogP contribution in [-0.4, -0.2) is 54.1 Å². The second kappa shape index (κ2) is 6.54. The third-order valence-corrected chi connectivity index (χ3v) is 4.91. The van der Waals surface area contributed by atoms with E-state index < -0.39 is 0 Å². The number of anilines is 1. The number of rotatable bonds is 3. The summed E-state index contributed by atoms with van der Waals surface area (Å²) in [6.45, 7) is 6.83. The van der Waals surface area contributed by atoms with Gasteiger partial charge in [0.25, 0.3) is 5.91 Å². The van der Waals surface area contributed by atoms with Gasteiger partial charge >= 0.3 is 0 Å². The zero-order valence-electron chi connectivity index (χ0n) is 13.6. The molecule has 7 heteroatoms. The van der Waals surface area contributed by atoms with Crippen molar-refractivity contribution >= 4 is 23.2 Å². The number of hydrogen-bond acceptors (Lipinski definition) is 6. The van der Waals surface area contributed by atoms with E-state index >= 15 is 0 Å². The highest BCUT2D eigenvalue weighted by atomic mass is 32.1. The minimum atomic E-state index is 0.123. The van der Waals surface area contributed by atoms with Crippen LogP contribution in [0.4, 0.5) is 5.95 Å². The minimum Gasteiger partial charge on any atom is -0.481 e. The van der Waals surface area contributed by atoms with Crippen molar-refractivity contribution in [3.05, 3.63) is 33.6 Å². The maximum atomic E-state index is 12.6. The zero-order chi connectivity index (χ0) is 16.4. The van der Waals surface area contributed by atoms with E-state index in [1.54, 1.807) is 30.7 Å². The van der Waals surface area contributed by atoms with Gasteiger partial charge in [0.2, 0.25) is 11.8 Å². The maximum absolute atomic E-state index is 12.6. The molecular weight excluding hydrogens is 312 g/mol. The lowest BCUT2D eigenvalue weighted by atomic mass is 10.2. The maximum Gasteiger partial charge on any atom is 0.255 e. The van der Waals surface area contributed by atoms with Crippen LogP contribution in [0.5, 0.6) is 5.88 Å². The molecule has 0 unspecified atom stereocenters. The number of carbonyl (C=O) groups is 1. The molecule has 2 aromatic rings. The van der Waals surface area contributed by atoms with Crippen LogP contribution in [-0.2, 0) is 0 Å². The number of ether oxygens (including phenoxy) is 1. The van der Waals surface area contributed by atoms with Crippen molar-refractivity contribution in [2.24, 2.45) is 0 Å². The minimum absolute atomic E-state index is 0.123. The average Bonchev–Trinajstić information content (AvgIpc) is 2.93. The van der Waals surface area contributed by atoms with Crippen molar-refractivity contribution in [2.75, 3.05) is 38.2 Å². The number of methoxy groups -OCH3 is 1. The molecule has 0 bridgehead atoms. The average molecular weight is 332 g/mol. The summed E-state index contributed by atoms with van der Waals surface area (Å²) in [5.41, 5.74) is 0.832. The van der Waals surface area contributed by atoms with Gasteiger partial charge < -0.3 is 14.5 Å². The summed E-state index contributed by atoms with van der Waals surface area (Å²) in [4.78, 5) is 27.5. The Balaban J connectivity index is 1.66. The van der Waals surface area contributed by atoms with E-state index in [0.717, 1.165) is 23.5 Å². The summed E-state index contributed by atoms with van der Waals surface area (Å²) < 4.78 is 5.14. The number of thiophene rings is 1. The van der Waals surface area contributed by atoms with Gasteiger partial charge in [-0.3, -0.25) is 4.79 Å². The molecule has 1 aliphatic rings. The van der Waals surface area contributed by atoms with Crippen LogP contribution >= 0.6 is 11.3 Å². The monoisotopic (exact) mass is 332 g/mol. The second-order valence-electron chi connectivity index (χ2n) is 5.51. The number of hydrogen-bond donors (Lipinski definition) is 0. The molecule has 1 aliphatic heterocycles. The molecule has 3 rings (SSSR count). The lowest BCUT2D eigenvalue weighted by Gasteiger charge is -2.34. The van der Waals surface area contributed by atoms with Crippen LogP contribution in [0.2, 0.25) is 0 Å². The Hall–Kier alpha value is -2.15. The van der Waals surface area contributed by atoms with Gasteiger partial charge in [-0.05, 0) is 19.9 Å². The van der Waals surface area contributed by atoms with Crippen LogP contribution < -0.4 is 9.64 Å². The molecule has 23 heavy (non-hydrogen) atoms. The molecule has 0 aliphatic carbocycles. The molecule has 1 saturated heterocycles. The summed E-state index contributed by atoms with van der Waals surface area (Å²) in [5, 5.41) is 0. The Morgan fingerprint density at radius 3 is 2.61 bits per heavy atom. The molecule has 0 radical (unpaired) electrons.